The van der Waals surface area contributed by atoms with E-state index in [2.05, 4.69) is 12.3 Å². The molecule has 1 fully saturated rings. The van der Waals surface area contributed by atoms with E-state index in [4.69, 9.17) is 5.84 Å². The van der Waals surface area contributed by atoms with E-state index >= 15 is 0 Å². The molecule has 1 aliphatic rings. The number of hydrazine groups is 1. The summed E-state index contributed by atoms with van der Waals surface area (Å²) in [6, 6.07) is 5.29. The first-order chi connectivity index (χ1) is 9.63. The summed E-state index contributed by atoms with van der Waals surface area (Å²) in [6.07, 6.45) is 7.20. The summed E-state index contributed by atoms with van der Waals surface area (Å²) in [5.74, 6) is 7.11. The Kier molecular flexibility index (Phi) is 5.55. The minimum atomic E-state index is -0.156. The van der Waals surface area contributed by atoms with Gasteiger partial charge >= 0.3 is 0 Å². The van der Waals surface area contributed by atoms with Crippen LogP contribution in [0.2, 0.25) is 0 Å². The van der Waals surface area contributed by atoms with E-state index in [1.165, 1.54) is 38.2 Å². The van der Waals surface area contributed by atoms with Crippen molar-refractivity contribution in [2.75, 3.05) is 0 Å². The maximum absolute atomic E-state index is 13.4. The van der Waals surface area contributed by atoms with Crippen molar-refractivity contribution in [2.45, 2.75) is 58.4 Å². The van der Waals surface area contributed by atoms with Crippen molar-refractivity contribution in [3.63, 3.8) is 0 Å². The van der Waals surface area contributed by atoms with Gasteiger partial charge in [-0.1, -0.05) is 32.3 Å². The van der Waals surface area contributed by atoms with Crippen LogP contribution in [0.3, 0.4) is 0 Å². The van der Waals surface area contributed by atoms with Gasteiger partial charge in [-0.3, -0.25) is 11.3 Å². The fourth-order valence-electron chi connectivity index (χ4n) is 3.46. The van der Waals surface area contributed by atoms with Gasteiger partial charge in [0.15, 0.2) is 0 Å². The zero-order chi connectivity index (χ0) is 14.5. The maximum atomic E-state index is 13.4. The fraction of sp³-hybridized carbons (Fsp3) is 0.647. The van der Waals surface area contributed by atoms with Gasteiger partial charge in [0.05, 0.1) is 0 Å². The van der Waals surface area contributed by atoms with Crippen molar-refractivity contribution in [2.24, 2.45) is 17.7 Å². The summed E-state index contributed by atoms with van der Waals surface area (Å²) in [4.78, 5) is 0. The third-order valence-electron chi connectivity index (χ3n) is 5.00. The second kappa shape index (κ2) is 7.19. The smallest absolute Gasteiger partial charge is 0.123 e. The molecule has 3 N–H and O–H groups in total. The van der Waals surface area contributed by atoms with E-state index < -0.39 is 0 Å². The molecular formula is C17H27FN2. The van der Waals surface area contributed by atoms with Gasteiger partial charge in [0.25, 0.3) is 0 Å². The van der Waals surface area contributed by atoms with Crippen molar-refractivity contribution in [1.29, 1.82) is 0 Å². The molecule has 0 aliphatic heterocycles. The first-order valence-electron chi connectivity index (χ1n) is 7.85. The van der Waals surface area contributed by atoms with E-state index in [9.17, 15) is 4.39 Å². The molecule has 1 aliphatic carbocycles. The lowest BCUT2D eigenvalue weighted by atomic mass is 9.76. The van der Waals surface area contributed by atoms with Crippen LogP contribution in [0.1, 0.15) is 50.2 Å². The summed E-state index contributed by atoms with van der Waals surface area (Å²) < 4.78 is 13.4. The lowest BCUT2D eigenvalue weighted by Crippen LogP contribution is -2.43. The van der Waals surface area contributed by atoms with Crippen LogP contribution >= 0.6 is 0 Å². The molecule has 0 saturated heterocycles. The van der Waals surface area contributed by atoms with Crippen LogP contribution in [0, 0.1) is 24.6 Å². The normalized spacial score (nSPS) is 24.6. The molecule has 0 bridgehead atoms. The molecule has 0 radical (unpaired) electrons. The third-order valence-corrected chi connectivity index (χ3v) is 5.00. The Bertz CT molecular complexity index is 425. The van der Waals surface area contributed by atoms with Crippen LogP contribution in [0.5, 0.6) is 0 Å². The van der Waals surface area contributed by atoms with E-state index in [0.717, 1.165) is 23.5 Å². The molecule has 1 aromatic carbocycles. The summed E-state index contributed by atoms with van der Waals surface area (Å²) in [5.41, 5.74) is 5.20. The Hall–Kier alpha value is -0.930. The number of halogens is 1. The predicted octanol–water partition coefficient (Wildman–Crippen LogP) is 3.72. The molecule has 2 nitrogen and oxygen atoms in total. The highest BCUT2D eigenvalue weighted by Crippen LogP contribution is 2.33. The number of hydrogen-bond donors (Lipinski definition) is 2. The van der Waals surface area contributed by atoms with Crippen molar-refractivity contribution in [1.82, 2.24) is 5.43 Å². The minimum absolute atomic E-state index is 0.156. The third kappa shape index (κ3) is 3.80. The molecule has 0 spiro atoms. The topological polar surface area (TPSA) is 38.0 Å². The largest absolute Gasteiger partial charge is 0.271 e. The van der Waals surface area contributed by atoms with E-state index in [1.807, 2.05) is 13.0 Å². The van der Waals surface area contributed by atoms with Crippen LogP contribution in [0.25, 0.3) is 0 Å². The Morgan fingerprint density at radius 1 is 1.30 bits per heavy atom. The molecule has 1 aromatic rings. The van der Waals surface area contributed by atoms with Crippen LogP contribution < -0.4 is 11.3 Å². The van der Waals surface area contributed by atoms with E-state index in [-0.39, 0.29) is 11.9 Å². The summed E-state index contributed by atoms with van der Waals surface area (Å²) >= 11 is 0. The van der Waals surface area contributed by atoms with Crippen LogP contribution in [-0.2, 0) is 6.42 Å². The summed E-state index contributed by atoms with van der Waals surface area (Å²) in [6.45, 7) is 4.32. The van der Waals surface area contributed by atoms with Crippen molar-refractivity contribution < 1.29 is 4.39 Å². The first kappa shape index (κ1) is 15.5. The standard InChI is InChI=1S/C17H27FN2/c1-3-13-5-7-14(8-6-13)17(20-19)11-15-10-16(18)9-4-12(15)2/h4,9-10,13-14,17,20H,3,5-8,11,19H2,1-2H3. The second-order valence-electron chi connectivity index (χ2n) is 6.24. The molecular weight excluding hydrogens is 251 g/mol. The second-order valence-corrected chi connectivity index (χ2v) is 6.24. The number of rotatable bonds is 5. The Morgan fingerprint density at radius 3 is 2.60 bits per heavy atom. The Labute approximate surface area is 121 Å². The molecule has 1 unspecified atom stereocenters. The van der Waals surface area contributed by atoms with Crippen LogP contribution in [-0.4, -0.2) is 6.04 Å². The lowest BCUT2D eigenvalue weighted by molar-refractivity contribution is 0.217. The van der Waals surface area contributed by atoms with E-state index in [0.29, 0.717) is 5.92 Å². The quantitative estimate of drug-likeness (QED) is 0.636. The molecule has 20 heavy (non-hydrogen) atoms. The lowest BCUT2D eigenvalue weighted by Gasteiger charge is -2.33. The van der Waals surface area contributed by atoms with Crippen molar-refractivity contribution in [3.05, 3.63) is 35.1 Å². The van der Waals surface area contributed by atoms with Gasteiger partial charge in [0, 0.05) is 6.04 Å². The van der Waals surface area contributed by atoms with E-state index in [1.54, 1.807) is 6.07 Å². The SMILES string of the molecule is CCC1CCC(C(Cc2cc(F)ccc2C)NN)CC1. The monoisotopic (exact) mass is 278 g/mol. The Balaban J connectivity index is 2.00. The highest BCUT2D eigenvalue weighted by Gasteiger charge is 2.26. The molecule has 1 atom stereocenters. The molecule has 2 rings (SSSR count). The zero-order valence-corrected chi connectivity index (χ0v) is 12.7. The van der Waals surface area contributed by atoms with Gasteiger partial charge in [-0.25, -0.2) is 4.39 Å². The van der Waals surface area contributed by atoms with Crippen molar-refractivity contribution in [3.8, 4) is 0 Å². The molecule has 1 saturated carbocycles. The number of nitrogens with one attached hydrogen (secondary N) is 1. The molecule has 0 aromatic heterocycles. The van der Waals surface area contributed by atoms with Gasteiger partial charge in [0.1, 0.15) is 5.82 Å². The fourth-order valence-corrected chi connectivity index (χ4v) is 3.46. The van der Waals surface area contributed by atoms with Gasteiger partial charge < -0.3 is 0 Å². The van der Waals surface area contributed by atoms with Gasteiger partial charge in [-0.2, -0.15) is 0 Å². The highest BCUT2D eigenvalue weighted by atomic mass is 19.1. The molecule has 112 valence electrons. The molecule has 0 heterocycles. The number of hydrogen-bond acceptors (Lipinski definition) is 2. The van der Waals surface area contributed by atoms with Gasteiger partial charge in [-0.15, -0.1) is 0 Å². The van der Waals surface area contributed by atoms with Gasteiger partial charge in [0.2, 0.25) is 0 Å². The predicted molar refractivity (Wildman–Crippen MR) is 81.7 cm³/mol. The minimum Gasteiger partial charge on any atom is -0.271 e. The zero-order valence-electron chi connectivity index (χ0n) is 12.7. The maximum Gasteiger partial charge on any atom is 0.123 e. The summed E-state index contributed by atoms with van der Waals surface area (Å²) in [7, 11) is 0. The van der Waals surface area contributed by atoms with Crippen LogP contribution in [0.15, 0.2) is 18.2 Å². The summed E-state index contributed by atoms with van der Waals surface area (Å²) in [5, 5.41) is 0. The molecule has 3 heteroatoms. The average molecular weight is 278 g/mol. The Morgan fingerprint density at radius 2 is 2.00 bits per heavy atom. The highest BCUT2D eigenvalue weighted by molar-refractivity contribution is 5.27. The van der Waals surface area contributed by atoms with Crippen LogP contribution in [0.4, 0.5) is 4.39 Å². The molecule has 0 amide bonds. The van der Waals surface area contributed by atoms with Crippen molar-refractivity contribution >= 4 is 0 Å². The number of aryl methyl sites for hydroxylation is 1. The average Bonchev–Trinajstić information content (AvgIpc) is 2.48. The first-order valence-corrected chi connectivity index (χ1v) is 7.85. The number of benzene rings is 1. The number of nitrogens with two attached hydrogens (primary N) is 1. The van der Waals surface area contributed by atoms with Gasteiger partial charge in [-0.05, 0) is 61.3 Å².